The molecule has 1 amide bonds. The number of rotatable bonds is 4. The molecular formula is C21H27ClFN5O4S. The Kier molecular flexibility index (Phi) is 6.49. The van der Waals surface area contributed by atoms with Crippen LogP contribution in [0, 0.1) is 5.82 Å². The summed E-state index contributed by atoms with van der Waals surface area (Å²) in [6.07, 6.45) is 2.48. The number of piperazine rings is 1. The summed E-state index contributed by atoms with van der Waals surface area (Å²) in [5.74, 6) is -0.977. The third kappa shape index (κ3) is 4.63. The van der Waals surface area contributed by atoms with Gasteiger partial charge in [0.25, 0.3) is 5.56 Å². The number of H-pyrrole nitrogens is 1. The molecule has 9 nitrogen and oxygen atoms in total. The van der Waals surface area contributed by atoms with Crippen molar-refractivity contribution in [2.75, 3.05) is 12.8 Å². The summed E-state index contributed by atoms with van der Waals surface area (Å²) in [6, 6.07) is -0.366. The predicted molar refractivity (Wildman–Crippen MR) is 124 cm³/mol. The van der Waals surface area contributed by atoms with Crippen molar-refractivity contribution < 1.29 is 18.7 Å². The normalized spacial score (nSPS) is 23.6. The topological polar surface area (TPSA) is 109 Å². The summed E-state index contributed by atoms with van der Waals surface area (Å²) in [6.45, 7) is 7.90. The van der Waals surface area contributed by atoms with Crippen molar-refractivity contribution in [1.29, 1.82) is 0 Å². The highest BCUT2D eigenvalue weighted by Crippen LogP contribution is 2.34. The van der Waals surface area contributed by atoms with Gasteiger partial charge in [0.2, 0.25) is 5.88 Å². The molecule has 4 heterocycles. The second kappa shape index (κ2) is 8.92. The van der Waals surface area contributed by atoms with Gasteiger partial charge in [0, 0.05) is 12.6 Å². The van der Waals surface area contributed by atoms with Gasteiger partial charge in [-0.15, -0.1) is 0 Å². The number of thioether (sulfide) groups is 1. The number of pyridine rings is 1. The lowest BCUT2D eigenvalue weighted by Gasteiger charge is -2.42. The van der Waals surface area contributed by atoms with Gasteiger partial charge in [0.1, 0.15) is 22.6 Å². The average molecular weight is 500 g/mol. The lowest BCUT2D eigenvalue weighted by molar-refractivity contribution is -0.00492. The zero-order valence-corrected chi connectivity index (χ0v) is 20.6. The Morgan fingerprint density at radius 1 is 1.33 bits per heavy atom. The average Bonchev–Trinajstić information content (AvgIpc) is 3.03. The van der Waals surface area contributed by atoms with E-state index in [2.05, 4.69) is 20.3 Å². The van der Waals surface area contributed by atoms with E-state index in [1.54, 1.807) is 11.2 Å². The van der Waals surface area contributed by atoms with Gasteiger partial charge in [0.05, 0.1) is 12.1 Å². The van der Waals surface area contributed by atoms with E-state index in [0.29, 0.717) is 6.54 Å². The SMILES string of the molecule is CSc1nc2c(F)c(Cl)nc(O[C@@H](C)[C@H]3NC[C@@H]4CC[C@@H]3N4C(=O)OC(C)(C)C)c2c(=O)[nH]1. The zero-order valence-electron chi connectivity index (χ0n) is 19.1. The van der Waals surface area contributed by atoms with Crippen LogP contribution in [0.3, 0.4) is 0 Å². The summed E-state index contributed by atoms with van der Waals surface area (Å²) in [5.41, 5.74) is -1.36. The minimum absolute atomic E-state index is 0.0459. The minimum Gasteiger partial charge on any atom is -0.472 e. The van der Waals surface area contributed by atoms with E-state index in [-0.39, 0.29) is 46.2 Å². The number of amides is 1. The van der Waals surface area contributed by atoms with Gasteiger partial charge in [-0.05, 0) is 46.8 Å². The smallest absolute Gasteiger partial charge is 0.410 e. The first-order chi connectivity index (χ1) is 15.5. The minimum atomic E-state index is -0.876. The van der Waals surface area contributed by atoms with Gasteiger partial charge in [-0.2, -0.15) is 4.98 Å². The van der Waals surface area contributed by atoms with Crippen molar-refractivity contribution in [1.82, 2.24) is 25.2 Å². The summed E-state index contributed by atoms with van der Waals surface area (Å²) in [7, 11) is 0. The molecule has 33 heavy (non-hydrogen) atoms. The van der Waals surface area contributed by atoms with Crippen LogP contribution in [-0.4, -0.2) is 68.6 Å². The van der Waals surface area contributed by atoms with Crippen molar-refractivity contribution in [3.8, 4) is 5.88 Å². The molecule has 2 bridgehead atoms. The summed E-state index contributed by atoms with van der Waals surface area (Å²) in [5, 5.41) is 3.16. The number of hydrogen-bond acceptors (Lipinski definition) is 8. The van der Waals surface area contributed by atoms with Crippen LogP contribution in [0.15, 0.2) is 9.95 Å². The van der Waals surface area contributed by atoms with Crippen LogP contribution in [0.25, 0.3) is 10.9 Å². The molecule has 0 saturated carbocycles. The van der Waals surface area contributed by atoms with Crippen LogP contribution < -0.4 is 15.6 Å². The Morgan fingerprint density at radius 3 is 2.73 bits per heavy atom. The number of halogens is 2. The molecule has 2 aromatic heterocycles. The lowest BCUT2D eigenvalue weighted by Crippen LogP contribution is -2.64. The van der Waals surface area contributed by atoms with Crippen LogP contribution in [-0.2, 0) is 4.74 Å². The first kappa shape index (κ1) is 24.0. The maximum Gasteiger partial charge on any atom is 0.410 e. The Hall–Kier alpha value is -2.11. The van der Waals surface area contributed by atoms with E-state index in [9.17, 15) is 14.0 Å². The van der Waals surface area contributed by atoms with Crippen molar-refractivity contribution >= 4 is 40.4 Å². The molecule has 180 valence electrons. The number of carbonyl (C=O) groups excluding carboxylic acids is 1. The number of aromatic nitrogens is 3. The van der Waals surface area contributed by atoms with Crippen LogP contribution in [0.2, 0.25) is 5.15 Å². The van der Waals surface area contributed by atoms with E-state index < -0.39 is 28.2 Å². The molecule has 2 saturated heterocycles. The number of fused-ring (bicyclic) bond motifs is 3. The second-order valence-electron chi connectivity index (χ2n) is 9.26. The van der Waals surface area contributed by atoms with Gasteiger partial charge < -0.3 is 19.8 Å². The number of hydrogen-bond donors (Lipinski definition) is 2. The van der Waals surface area contributed by atoms with Crippen LogP contribution >= 0.6 is 23.4 Å². The quantitative estimate of drug-likeness (QED) is 0.374. The van der Waals surface area contributed by atoms with Gasteiger partial charge in [-0.1, -0.05) is 23.4 Å². The van der Waals surface area contributed by atoms with Crippen molar-refractivity contribution in [2.45, 2.75) is 75.5 Å². The first-order valence-electron chi connectivity index (χ1n) is 10.7. The molecule has 2 fully saturated rings. The molecule has 2 N–H and O–H groups in total. The van der Waals surface area contributed by atoms with E-state index in [4.69, 9.17) is 21.1 Å². The molecule has 0 spiro atoms. The van der Waals surface area contributed by atoms with E-state index in [0.717, 1.165) is 12.8 Å². The number of nitrogens with zero attached hydrogens (tertiary/aromatic N) is 3. The fraction of sp³-hybridized carbons (Fsp3) is 0.619. The van der Waals surface area contributed by atoms with Crippen molar-refractivity contribution in [2.24, 2.45) is 0 Å². The molecule has 4 rings (SSSR count). The molecule has 0 aliphatic carbocycles. The molecule has 2 aliphatic heterocycles. The summed E-state index contributed by atoms with van der Waals surface area (Å²) >= 11 is 7.16. The standard InChI is InChI=1S/C21H27ClFN5O4S/c1-9(14-11-7-6-10(8-24-14)28(11)20(30)32-21(2,3)4)31-18-12-15(13(23)16(22)26-18)25-19(33-5)27-17(12)29/h9-11,14,24H,6-8H2,1-5H3,(H,25,27,29)/t9-,10-,11-,14+/m0/s1. The zero-order chi connectivity index (χ0) is 24.1. The fourth-order valence-corrected chi connectivity index (χ4v) is 5.03. The predicted octanol–water partition coefficient (Wildman–Crippen LogP) is 3.34. The van der Waals surface area contributed by atoms with Crippen molar-refractivity contribution in [3.63, 3.8) is 0 Å². The number of nitrogens with one attached hydrogen (secondary N) is 2. The van der Waals surface area contributed by atoms with Crippen molar-refractivity contribution in [3.05, 3.63) is 21.3 Å². The largest absolute Gasteiger partial charge is 0.472 e. The van der Waals surface area contributed by atoms with E-state index in [1.165, 1.54) is 11.8 Å². The van der Waals surface area contributed by atoms with Crippen LogP contribution in [0.5, 0.6) is 5.88 Å². The Bertz CT molecular complexity index is 1140. The molecule has 2 aliphatic rings. The van der Waals surface area contributed by atoms with Gasteiger partial charge in [-0.3, -0.25) is 9.69 Å². The third-order valence-corrected chi connectivity index (χ3v) is 6.68. The third-order valence-electron chi connectivity index (χ3n) is 5.85. The monoisotopic (exact) mass is 499 g/mol. The first-order valence-corrected chi connectivity index (χ1v) is 12.3. The fourth-order valence-electron chi connectivity index (χ4n) is 4.48. The molecule has 12 heteroatoms. The second-order valence-corrected chi connectivity index (χ2v) is 10.4. The number of carbonyl (C=O) groups is 1. The van der Waals surface area contributed by atoms with E-state index >= 15 is 0 Å². The number of ether oxygens (including phenoxy) is 2. The van der Waals surface area contributed by atoms with E-state index in [1.807, 2.05) is 27.7 Å². The molecule has 4 atom stereocenters. The van der Waals surface area contributed by atoms with Gasteiger partial charge >= 0.3 is 6.09 Å². The van der Waals surface area contributed by atoms with Gasteiger partial charge in [-0.25, -0.2) is 14.2 Å². The van der Waals surface area contributed by atoms with Crippen LogP contribution in [0.1, 0.15) is 40.5 Å². The maximum absolute atomic E-state index is 14.6. The molecule has 0 radical (unpaired) electrons. The summed E-state index contributed by atoms with van der Waals surface area (Å²) < 4.78 is 26.3. The highest BCUT2D eigenvalue weighted by molar-refractivity contribution is 7.98. The highest BCUT2D eigenvalue weighted by Gasteiger charge is 2.48. The Balaban J connectivity index is 1.63. The number of aromatic amines is 1. The summed E-state index contributed by atoms with van der Waals surface area (Å²) in [4.78, 5) is 38.1. The Morgan fingerprint density at radius 2 is 2.06 bits per heavy atom. The molecule has 0 aromatic carbocycles. The molecule has 0 unspecified atom stereocenters. The lowest BCUT2D eigenvalue weighted by atomic mass is 10.0. The maximum atomic E-state index is 14.6. The molecule has 2 aromatic rings. The van der Waals surface area contributed by atoms with Crippen LogP contribution in [0.4, 0.5) is 9.18 Å². The van der Waals surface area contributed by atoms with Gasteiger partial charge in [0.15, 0.2) is 16.1 Å². The highest BCUT2D eigenvalue weighted by atomic mass is 35.5. The molecular weight excluding hydrogens is 473 g/mol. The Labute approximate surface area is 199 Å².